The third-order valence-electron chi connectivity index (χ3n) is 6.71. The predicted octanol–water partition coefficient (Wildman–Crippen LogP) is 2.88. The van der Waals surface area contributed by atoms with E-state index >= 15 is 0 Å². The van der Waals surface area contributed by atoms with Crippen molar-refractivity contribution >= 4 is 17.6 Å². The number of aliphatic hydroxyl groups is 1. The molecule has 36 heavy (non-hydrogen) atoms. The van der Waals surface area contributed by atoms with E-state index in [0.29, 0.717) is 11.9 Å². The van der Waals surface area contributed by atoms with Gasteiger partial charge in [0, 0.05) is 23.2 Å². The van der Waals surface area contributed by atoms with Crippen LogP contribution in [0.3, 0.4) is 0 Å². The molecule has 0 aliphatic carbocycles. The zero-order valence-electron chi connectivity index (χ0n) is 20.1. The Kier molecular flexibility index (Phi) is 7.46. The lowest BCUT2D eigenvalue weighted by Crippen LogP contribution is -2.43. The summed E-state index contributed by atoms with van der Waals surface area (Å²) in [5.74, 6) is -3.06. The van der Waals surface area contributed by atoms with Crippen molar-refractivity contribution in [3.05, 3.63) is 83.1 Å². The maximum Gasteiger partial charge on any atom is 0.254 e. The van der Waals surface area contributed by atoms with E-state index in [1.807, 2.05) is 18.2 Å². The number of piperidine rings is 1. The van der Waals surface area contributed by atoms with Crippen molar-refractivity contribution in [1.29, 1.82) is 0 Å². The van der Waals surface area contributed by atoms with Crippen LogP contribution in [0.5, 0.6) is 0 Å². The highest BCUT2D eigenvalue weighted by Crippen LogP contribution is 2.41. The highest BCUT2D eigenvalue weighted by molar-refractivity contribution is 5.97. The van der Waals surface area contributed by atoms with Gasteiger partial charge in [0.15, 0.2) is 11.9 Å². The summed E-state index contributed by atoms with van der Waals surface area (Å²) < 4.78 is 26.8. The fourth-order valence-corrected chi connectivity index (χ4v) is 4.58. The third kappa shape index (κ3) is 5.44. The second-order valence-corrected chi connectivity index (χ2v) is 9.24. The topological polar surface area (TPSA) is 110 Å². The molecule has 4 rings (SSSR count). The largest absolute Gasteiger partial charge is 0.378 e. The SMILES string of the molecule is CC(NC(=O)[C@@H](O)c1cc(F)cc(F)c1)C(=O)Nc1cc(C2(c3ccccc3)CCN(C)CC2)[nH]n1. The van der Waals surface area contributed by atoms with Gasteiger partial charge in [0.05, 0.1) is 0 Å². The number of carbonyl (C=O) groups is 2. The predicted molar refractivity (Wildman–Crippen MR) is 130 cm³/mol. The molecule has 0 spiro atoms. The molecule has 1 aliphatic heterocycles. The number of hydrogen-bond acceptors (Lipinski definition) is 5. The van der Waals surface area contributed by atoms with Crippen molar-refractivity contribution < 1.29 is 23.5 Å². The molecule has 0 bridgehead atoms. The van der Waals surface area contributed by atoms with Crippen LogP contribution < -0.4 is 10.6 Å². The Balaban J connectivity index is 1.44. The van der Waals surface area contributed by atoms with E-state index in [2.05, 4.69) is 44.9 Å². The molecule has 1 aliphatic rings. The first kappa shape index (κ1) is 25.5. The van der Waals surface area contributed by atoms with E-state index in [4.69, 9.17) is 0 Å². The first-order valence-electron chi connectivity index (χ1n) is 11.7. The van der Waals surface area contributed by atoms with Crippen molar-refractivity contribution in [2.45, 2.75) is 37.3 Å². The van der Waals surface area contributed by atoms with Crippen LogP contribution in [0.4, 0.5) is 14.6 Å². The van der Waals surface area contributed by atoms with Crippen LogP contribution in [0.1, 0.15) is 42.7 Å². The van der Waals surface area contributed by atoms with Gasteiger partial charge in [0.2, 0.25) is 5.91 Å². The fraction of sp³-hybridized carbons (Fsp3) is 0.346. The zero-order chi connectivity index (χ0) is 25.9. The van der Waals surface area contributed by atoms with Crippen molar-refractivity contribution in [1.82, 2.24) is 20.4 Å². The van der Waals surface area contributed by atoms with Gasteiger partial charge in [0.25, 0.3) is 5.91 Å². The molecule has 2 amide bonds. The lowest BCUT2D eigenvalue weighted by molar-refractivity contribution is -0.132. The van der Waals surface area contributed by atoms with Crippen LogP contribution in [0, 0.1) is 11.6 Å². The summed E-state index contributed by atoms with van der Waals surface area (Å²) in [5.41, 5.74) is 1.53. The lowest BCUT2D eigenvalue weighted by atomic mass is 9.70. The van der Waals surface area contributed by atoms with Crippen LogP contribution in [0.15, 0.2) is 54.6 Å². The number of likely N-dealkylation sites (tertiary alicyclic amines) is 1. The van der Waals surface area contributed by atoms with Gasteiger partial charge < -0.3 is 20.6 Å². The first-order chi connectivity index (χ1) is 17.2. The molecule has 8 nitrogen and oxygen atoms in total. The average molecular weight is 498 g/mol. The summed E-state index contributed by atoms with van der Waals surface area (Å²) in [6, 6.07) is 13.3. The highest BCUT2D eigenvalue weighted by atomic mass is 19.1. The Bertz CT molecular complexity index is 1210. The molecule has 190 valence electrons. The van der Waals surface area contributed by atoms with Gasteiger partial charge in [-0.3, -0.25) is 14.7 Å². The van der Waals surface area contributed by atoms with Crippen molar-refractivity contribution in [3.8, 4) is 0 Å². The summed E-state index contributed by atoms with van der Waals surface area (Å²) in [7, 11) is 2.09. The molecular formula is C26H29F2N5O3. The number of aromatic amines is 1. The minimum Gasteiger partial charge on any atom is -0.378 e. The number of amides is 2. The number of aliphatic hydroxyl groups excluding tert-OH is 1. The fourth-order valence-electron chi connectivity index (χ4n) is 4.58. The van der Waals surface area contributed by atoms with Gasteiger partial charge in [-0.05, 0) is 63.2 Å². The van der Waals surface area contributed by atoms with Gasteiger partial charge in [-0.1, -0.05) is 30.3 Å². The molecule has 1 unspecified atom stereocenters. The van der Waals surface area contributed by atoms with Crippen molar-refractivity contribution in [3.63, 3.8) is 0 Å². The van der Waals surface area contributed by atoms with E-state index in [1.165, 1.54) is 12.5 Å². The number of nitrogens with zero attached hydrogens (tertiary/aromatic N) is 2. The minimum absolute atomic E-state index is 0.251. The van der Waals surface area contributed by atoms with Gasteiger partial charge in [-0.2, -0.15) is 5.10 Å². The quantitative estimate of drug-likeness (QED) is 0.401. The molecule has 1 aromatic heterocycles. The lowest BCUT2D eigenvalue weighted by Gasteiger charge is -2.40. The molecule has 4 N–H and O–H groups in total. The Morgan fingerprint density at radius 1 is 1.06 bits per heavy atom. The van der Waals surface area contributed by atoms with E-state index in [1.54, 1.807) is 6.07 Å². The Morgan fingerprint density at radius 2 is 1.69 bits per heavy atom. The van der Waals surface area contributed by atoms with E-state index in [-0.39, 0.29) is 11.0 Å². The maximum atomic E-state index is 13.4. The number of aromatic nitrogens is 2. The smallest absolute Gasteiger partial charge is 0.254 e. The summed E-state index contributed by atoms with van der Waals surface area (Å²) in [4.78, 5) is 27.3. The molecule has 1 saturated heterocycles. The molecular weight excluding hydrogens is 468 g/mol. The summed E-state index contributed by atoms with van der Waals surface area (Å²) in [6.45, 7) is 3.26. The third-order valence-corrected chi connectivity index (χ3v) is 6.71. The van der Waals surface area contributed by atoms with Gasteiger partial charge in [0.1, 0.15) is 17.7 Å². The Hall–Kier alpha value is -3.63. The number of H-pyrrole nitrogens is 1. The van der Waals surface area contributed by atoms with E-state index in [0.717, 1.165) is 43.8 Å². The maximum absolute atomic E-state index is 13.4. The van der Waals surface area contributed by atoms with Crippen LogP contribution in [-0.2, 0) is 15.0 Å². The number of benzene rings is 2. The van der Waals surface area contributed by atoms with Gasteiger partial charge >= 0.3 is 0 Å². The number of nitrogens with one attached hydrogen (secondary N) is 3. The number of carbonyl (C=O) groups excluding carboxylic acids is 2. The van der Waals surface area contributed by atoms with Crippen molar-refractivity contribution in [2.75, 3.05) is 25.5 Å². The highest BCUT2D eigenvalue weighted by Gasteiger charge is 2.39. The molecule has 2 atom stereocenters. The standard InChI is InChI=1S/C26H29F2N5O3/c1-16(29-25(36)23(34)17-12-19(27)14-20(28)13-17)24(35)30-22-15-21(31-32-22)26(8-10-33(2)11-9-26)18-6-4-3-5-7-18/h3-7,12-16,23,34H,8-11H2,1-2H3,(H,29,36)(H2,30,31,32,35)/t16?,23-/m0/s1. The molecule has 2 aromatic carbocycles. The second kappa shape index (κ2) is 10.5. The summed E-state index contributed by atoms with van der Waals surface area (Å²) >= 11 is 0. The van der Waals surface area contributed by atoms with Crippen LogP contribution in [0.2, 0.25) is 0 Å². The first-order valence-corrected chi connectivity index (χ1v) is 11.7. The Morgan fingerprint density at radius 3 is 2.33 bits per heavy atom. The number of anilines is 1. The van der Waals surface area contributed by atoms with Crippen LogP contribution in [0.25, 0.3) is 0 Å². The number of rotatable bonds is 7. The number of hydrogen-bond donors (Lipinski definition) is 4. The molecule has 2 heterocycles. The molecule has 0 saturated carbocycles. The minimum atomic E-state index is -1.84. The van der Waals surface area contributed by atoms with Gasteiger partial charge in [-0.25, -0.2) is 8.78 Å². The zero-order valence-corrected chi connectivity index (χ0v) is 20.1. The second-order valence-electron chi connectivity index (χ2n) is 9.24. The van der Waals surface area contributed by atoms with Crippen molar-refractivity contribution in [2.24, 2.45) is 0 Å². The van der Waals surface area contributed by atoms with Crippen LogP contribution >= 0.6 is 0 Å². The van der Waals surface area contributed by atoms with Crippen LogP contribution in [-0.4, -0.2) is 58.2 Å². The average Bonchev–Trinajstić information content (AvgIpc) is 3.33. The van der Waals surface area contributed by atoms with Gasteiger partial charge in [-0.15, -0.1) is 0 Å². The summed E-state index contributed by atoms with van der Waals surface area (Å²) in [5, 5.41) is 22.5. The molecule has 3 aromatic rings. The monoisotopic (exact) mass is 497 g/mol. The molecule has 10 heteroatoms. The molecule has 0 radical (unpaired) electrons. The number of halogens is 2. The summed E-state index contributed by atoms with van der Waals surface area (Å²) in [6.07, 6.45) is -0.0695. The van der Waals surface area contributed by atoms with E-state index in [9.17, 15) is 23.5 Å². The Labute approximate surface area is 207 Å². The van der Waals surface area contributed by atoms with E-state index < -0.39 is 35.6 Å². The normalized spacial score (nSPS) is 17.2. The molecule has 1 fully saturated rings.